The third-order valence-corrected chi connectivity index (χ3v) is 2.69. The summed E-state index contributed by atoms with van der Waals surface area (Å²) in [5.74, 6) is -0.839. The van der Waals surface area contributed by atoms with E-state index >= 15 is 0 Å². The Morgan fingerprint density at radius 1 is 1.44 bits per heavy atom. The first kappa shape index (κ1) is 14.2. The Morgan fingerprint density at radius 3 is 2.61 bits per heavy atom. The molecule has 0 aromatic carbocycles. The van der Waals surface area contributed by atoms with Crippen molar-refractivity contribution in [3.8, 4) is 0 Å². The molecule has 0 atom stereocenters. The first-order valence-corrected chi connectivity index (χ1v) is 5.98. The van der Waals surface area contributed by atoms with Crippen LogP contribution in [0.4, 0.5) is 0 Å². The monoisotopic (exact) mass is 253 g/mol. The number of amides is 1. The molecule has 6 nitrogen and oxygen atoms in total. The number of nitrogens with zero attached hydrogens (tertiary/aromatic N) is 1. The van der Waals surface area contributed by atoms with E-state index in [1.54, 1.807) is 0 Å². The number of carboxylic acid groups (broad SMARTS) is 1. The Balaban J connectivity index is 2.54. The zero-order chi connectivity index (χ0) is 13.7. The van der Waals surface area contributed by atoms with E-state index in [-0.39, 0.29) is 18.2 Å². The van der Waals surface area contributed by atoms with Crippen LogP contribution in [0.25, 0.3) is 0 Å². The van der Waals surface area contributed by atoms with Crippen molar-refractivity contribution in [2.45, 2.75) is 39.5 Å². The number of carbonyl (C=O) groups excluding carboxylic acids is 1. The molecular weight excluding hydrogens is 234 g/mol. The Hall–Kier alpha value is -1.85. The van der Waals surface area contributed by atoms with Crippen molar-refractivity contribution < 1.29 is 14.7 Å². The topological polar surface area (TPSA) is 95.1 Å². The number of H-pyrrole nitrogens is 1. The highest BCUT2D eigenvalue weighted by atomic mass is 16.4. The van der Waals surface area contributed by atoms with Crippen LogP contribution in [0.1, 0.15) is 54.4 Å². The maximum atomic E-state index is 11.8. The molecule has 0 aliphatic rings. The minimum atomic E-state index is -0.859. The van der Waals surface area contributed by atoms with Gasteiger partial charge in [0.1, 0.15) is 0 Å². The predicted molar refractivity (Wildman–Crippen MR) is 66.6 cm³/mol. The van der Waals surface area contributed by atoms with Crippen molar-refractivity contribution in [3.05, 3.63) is 17.0 Å². The van der Waals surface area contributed by atoms with E-state index in [1.807, 2.05) is 20.8 Å². The van der Waals surface area contributed by atoms with Crippen molar-refractivity contribution >= 4 is 11.9 Å². The number of aromatic amines is 1. The molecule has 1 amide bonds. The van der Waals surface area contributed by atoms with Gasteiger partial charge in [-0.05, 0) is 19.3 Å². The summed E-state index contributed by atoms with van der Waals surface area (Å²) in [6, 6.07) is 0. The lowest BCUT2D eigenvalue weighted by molar-refractivity contribution is -0.137. The fourth-order valence-corrected chi connectivity index (χ4v) is 1.72. The molecule has 18 heavy (non-hydrogen) atoms. The molecule has 1 aromatic rings. The van der Waals surface area contributed by atoms with E-state index in [0.29, 0.717) is 18.7 Å². The average molecular weight is 253 g/mol. The fourth-order valence-electron chi connectivity index (χ4n) is 1.72. The van der Waals surface area contributed by atoms with Crippen molar-refractivity contribution in [2.24, 2.45) is 0 Å². The second-order valence-electron chi connectivity index (χ2n) is 4.52. The van der Waals surface area contributed by atoms with Gasteiger partial charge >= 0.3 is 5.97 Å². The van der Waals surface area contributed by atoms with E-state index in [1.165, 1.54) is 0 Å². The molecule has 0 saturated carbocycles. The van der Waals surface area contributed by atoms with Crippen molar-refractivity contribution in [1.82, 2.24) is 15.5 Å². The Bertz CT molecular complexity index is 438. The molecule has 0 bridgehead atoms. The molecule has 0 fully saturated rings. The molecule has 1 aromatic heterocycles. The standard InChI is InChI=1S/C12H19N3O3/c1-7(2)10-8(3)11(15-14-10)12(18)13-6-4-5-9(16)17/h7H,4-6H2,1-3H3,(H,13,18)(H,14,15)(H,16,17). The maximum absolute atomic E-state index is 11.8. The minimum Gasteiger partial charge on any atom is -0.481 e. The molecule has 6 heteroatoms. The quantitative estimate of drug-likeness (QED) is 0.668. The molecular formula is C12H19N3O3. The number of aliphatic carboxylic acids is 1. The highest BCUT2D eigenvalue weighted by Crippen LogP contribution is 2.18. The van der Waals surface area contributed by atoms with Gasteiger partial charge < -0.3 is 10.4 Å². The van der Waals surface area contributed by atoms with Crippen LogP contribution in [0.2, 0.25) is 0 Å². The molecule has 3 N–H and O–H groups in total. The van der Waals surface area contributed by atoms with E-state index in [2.05, 4.69) is 15.5 Å². The van der Waals surface area contributed by atoms with Crippen LogP contribution in [-0.2, 0) is 4.79 Å². The van der Waals surface area contributed by atoms with Gasteiger partial charge in [0.2, 0.25) is 0 Å². The van der Waals surface area contributed by atoms with Gasteiger partial charge in [0.25, 0.3) is 5.91 Å². The van der Waals surface area contributed by atoms with E-state index in [9.17, 15) is 9.59 Å². The van der Waals surface area contributed by atoms with E-state index < -0.39 is 5.97 Å². The largest absolute Gasteiger partial charge is 0.481 e. The molecule has 0 unspecified atom stereocenters. The highest BCUT2D eigenvalue weighted by Gasteiger charge is 2.17. The second-order valence-corrected chi connectivity index (χ2v) is 4.52. The lowest BCUT2D eigenvalue weighted by Gasteiger charge is -2.04. The SMILES string of the molecule is Cc1c(C(=O)NCCCC(=O)O)n[nH]c1C(C)C. The summed E-state index contributed by atoms with van der Waals surface area (Å²) in [5.41, 5.74) is 2.18. The van der Waals surface area contributed by atoms with E-state index in [4.69, 9.17) is 5.11 Å². The number of hydrogen-bond donors (Lipinski definition) is 3. The molecule has 0 saturated heterocycles. The van der Waals surface area contributed by atoms with Gasteiger partial charge in [-0.25, -0.2) is 0 Å². The van der Waals surface area contributed by atoms with Gasteiger partial charge in [-0.1, -0.05) is 13.8 Å². The highest BCUT2D eigenvalue weighted by molar-refractivity contribution is 5.93. The number of hydrogen-bond acceptors (Lipinski definition) is 3. The molecule has 1 heterocycles. The molecule has 100 valence electrons. The van der Waals surface area contributed by atoms with Gasteiger partial charge in [-0.3, -0.25) is 14.7 Å². The number of aromatic nitrogens is 2. The summed E-state index contributed by atoms with van der Waals surface area (Å²) in [6.07, 6.45) is 0.471. The second kappa shape index (κ2) is 6.18. The zero-order valence-corrected chi connectivity index (χ0v) is 10.9. The number of nitrogens with one attached hydrogen (secondary N) is 2. The summed E-state index contributed by atoms with van der Waals surface area (Å²) in [7, 11) is 0. The third kappa shape index (κ3) is 3.58. The van der Waals surface area contributed by atoms with Crippen LogP contribution in [0.15, 0.2) is 0 Å². The van der Waals surface area contributed by atoms with Crippen LogP contribution in [-0.4, -0.2) is 33.7 Å². The van der Waals surface area contributed by atoms with Gasteiger partial charge in [-0.2, -0.15) is 5.10 Å². The molecule has 1 rings (SSSR count). The van der Waals surface area contributed by atoms with Gasteiger partial charge in [-0.15, -0.1) is 0 Å². The van der Waals surface area contributed by atoms with Crippen LogP contribution >= 0.6 is 0 Å². The zero-order valence-electron chi connectivity index (χ0n) is 10.9. The summed E-state index contributed by atoms with van der Waals surface area (Å²) >= 11 is 0. The van der Waals surface area contributed by atoms with E-state index in [0.717, 1.165) is 11.3 Å². The summed E-state index contributed by atoms with van der Waals surface area (Å²) in [6.45, 7) is 6.24. The van der Waals surface area contributed by atoms with Crippen molar-refractivity contribution in [1.29, 1.82) is 0 Å². The predicted octanol–water partition coefficient (Wildman–Crippen LogP) is 1.44. The Labute approximate surface area is 106 Å². The van der Waals surface area contributed by atoms with Gasteiger partial charge in [0, 0.05) is 24.2 Å². The van der Waals surface area contributed by atoms with Crippen molar-refractivity contribution in [2.75, 3.05) is 6.54 Å². The van der Waals surface area contributed by atoms with Crippen LogP contribution in [0.3, 0.4) is 0 Å². The normalized spacial score (nSPS) is 10.7. The third-order valence-electron chi connectivity index (χ3n) is 2.69. The smallest absolute Gasteiger partial charge is 0.303 e. The molecule has 0 radical (unpaired) electrons. The molecule has 0 aliphatic heterocycles. The maximum Gasteiger partial charge on any atom is 0.303 e. The number of carboxylic acids is 1. The lowest BCUT2D eigenvalue weighted by Crippen LogP contribution is -2.25. The summed E-state index contributed by atoms with van der Waals surface area (Å²) in [4.78, 5) is 22.1. The minimum absolute atomic E-state index is 0.0527. The van der Waals surface area contributed by atoms with Crippen LogP contribution in [0.5, 0.6) is 0 Å². The summed E-state index contributed by atoms with van der Waals surface area (Å²) in [5, 5.41) is 18.0. The first-order valence-electron chi connectivity index (χ1n) is 5.98. The summed E-state index contributed by atoms with van der Waals surface area (Å²) < 4.78 is 0. The Morgan fingerprint density at radius 2 is 2.11 bits per heavy atom. The lowest BCUT2D eigenvalue weighted by atomic mass is 10.1. The number of carbonyl (C=O) groups is 2. The average Bonchev–Trinajstić information content (AvgIpc) is 2.66. The first-order chi connectivity index (χ1) is 8.43. The fraction of sp³-hybridized carbons (Fsp3) is 0.583. The molecule has 0 aliphatic carbocycles. The number of rotatable bonds is 6. The van der Waals surface area contributed by atoms with Gasteiger partial charge in [0.15, 0.2) is 5.69 Å². The Kier molecular flexibility index (Phi) is 4.88. The molecule has 0 spiro atoms. The van der Waals surface area contributed by atoms with Crippen LogP contribution < -0.4 is 5.32 Å². The van der Waals surface area contributed by atoms with Crippen LogP contribution in [0, 0.1) is 6.92 Å². The van der Waals surface area contributed by atoms with Gasteiger partial charge in [0.05, 0.1) is 0 Å². The van der Waals surface area contributed by atoms with Crippen molar-refractivity contribution in [3.63, 3.8) is 0 Å².